The zero-order chi connectivity index (χ0) is 24.1. The molecule has 0 saturated heterocycles. The number of nitrogens with zero attached hydrogens (tertiary/aromatic N) is 2. The topological polar surface area (TPSA) is 80.8 Å². The molecule has 182 valence electrons. The average Bonchev–Trinajstić information content (AvgIpc) is 2.64. The average molecular weight is 492 g/mol. The lowest BCUT2D eigenvalue weighted by Gasteiger charge is -2.26. The van der Waals surface area contributed by atoms with Gasteiger partial charge in [0.1, 0.15) is 23.3 Å². The van der Waals surface area contributed by atoms with Gasteiger partial charge in [-0.3, -0.25) is 4.79 Å². The van der Waals surface area contributed by atoms with Gasteiger partial charge in [0.15, 0.2) is 0 Å². The Morgan fingerprint density at radius 1 is 1.12 bits per heavy atom. The van der Waals surface area contributed by atoms with Gasteiger partial charge in [0.05, 0.1) is 11.9 Å². The van der Waals surface area contributed by atoms with E-state index in [9.17, 15) is 27.2 Å². The van der Waals surface area contributed by atoms with Crippen LogP contribution in [0.15, 0.2) is 36.5 Å². The first-order chi connectivity index (χ1) is 14.8. The van der Waals surface area contributed by atoms with Gasteiger partial charge < -0.3 is 19.7 Å². The molecule has 0 aliphatic heterocycles. The van der Waals surface area contributed by atoms with Crippen LogP contribution < -0.4 is 15.0 Å². The normalized spacial score (nSPS) is 11.9. The Kier molecular flexibility index (Phi) is 9.96. The van der Waals surface area contributed by atoms with Gasteiger partial charge >= 0.3 is 12.7 Å². The number of amides is 2. The summed E-state index contributed by atoms with van der Waals surface area (Å²) in [5.74, 6) is -2.68. The van der Waals surface area contributed by atoms with Crippen LogP contribution >= 0.6 is 13.5 Å². The van der Waals surface area contributed by atoms with Crippen molar-refractivity contribution in [1.82, 2.24) is 10.3 Å². The summed E-state index contributed by atoms with van der Waals surface area (Å²) in [6, 6.07) is 3.96. The summed E-state index contributed by atoms with van der Waals surface area (Å²) in [6.45, 7) is 1.84. The Hall–Kier alpha value is -3.02. The molecule has 33 heavy (non-hydrogen) atoms. The van der Waals surface area contributed by atoms with Crippen molar-refractivity contribution < 1.29 is 36.6 Å². The van der Waals surface area contributed by atoms with Crippen LogP contribution in [-0.2, 0) is 16.0 Å². The number of carbonyl (C=O) groups excluding carboxylic acids is 2. The van der Waals surface area contributed by atoms with E-state index in [1.54, 1.807) is 20.8 Å². The van der Waals surface area contributed by atoms with Gasteiger partial charge in [-0.05, 0) is 44.5 Å². The number of alkyl halides is 2. The molecule has 0 unspecified atom stereocenters. The highest BCUT2D eigenvalue weighted by Crippen LogP contribution is 2.19. The molecule has 1 atom stereocenters. The van der Waals surface area contributed by atoms with E-state index in [1.165, 1.54) is 13.1 Å². The monoisotopic (exact) mass is 491 g/mol. The quantitative estimate of drug-likeness (QED) is 0.588. The molecule has 2 rings (SSSR count). The van der Waals surface area contributed by atoms with Crippen molar-refractivity contribution in [2.45, 2.75) is 45.4 Å². The molecule has 0 aliphatic rings. The van der Waals surface area contributed by atoms with Crippen LogP contribution in [0.1, 0.15) is 26.3 Å². The maximum Gasteiger partial charge on any atom is 0.408 e. The molecular formula is C21H25F4N3O4S. The molecule has 0 radical (unpaired) electrons. The van der Waals surface area contributed by atoms with E-state index in [-0.39, 0.29) is 37.0 Å². The van der Waals surface area contributed by atoms with Crippen molar-refractivity contribution in [3.8, 4) is 5.88 Å². The van der Waals surface area contributed by atoms with Crippen molar-refractivity contribution in [2.75, 3.05) is 11.9 Å². The summed E-state index contributed by atoms with van der Waals surface area (Å²) in [4.78, 5) is 30.1. The predicted molar refractivity (Wildman–Crippen MR) is 118 cm³/mol. The number of anilines is 1. The van der Waals surface area contributed by atoms with E-state index < -0.39 is 41.9 Å². The first-order valence-electron chi connectivity index (χ1n) is 9.47. The van der Waals surface area contributed by atoms with Crippen LogP contribution in [0.2, 0.25) is 0 Å². The summed E-state index contributed by atoms with van der Waals surface area (Å²) < 4.78 is 61.1. The maximum atomic E-state index is 13.6. The van der Waals surface area contributed by atoms with Crippen molar-refractivity contribution in [2.24, 2.45) is 0 Å². The van der Waals surface area contributed by atoms with Gasteiger partial charge in [-0.2, -0.15) is 22.3 Å². The van der Waals surface area contributed by atoms with Crippen molar-refractivity contribution in [3.63, 3.8) is 0 Å². The molecule has 2 amide bonds. The minimum atomic E-state index is -3.05. The predicted octanol–water partition coefficient (Wildman–Crippen LogP) is 4.17. The molecule has 0 bridgehead atoms. The Morgan fingerprint density at radius 3 is 2.21 bits per heavy atom. The van der Waals surface area contributed by atoms with Crippen LogP contribution in [0.5, 0.6) is 5.88 Å². The summed E-state index contributed by atoms with van der Waals surface area (Å²) in [6.07, 6.45) is -0.0148. The summed E-state index contributed by atoms with van der Waals surface area (Å²) >= 11 is 0. The van der Waals surface area contributed by atoms with Gasteiger partial charge in [0, 0.05) is 25.6 Å². The highest BCUT2D eigenvalue weighted by Gasteiger charge is 2.28. The molecule has 7 nitrogen and oxygen atoms in total. The Morgan fingerprint density at radius 2 is 1.73 bits per heavy atom. The number of aromatic nitrogens is 1. The zero-order valence-electron chi connectivity index (χ0n) is 18.4. The number of halogens is 4. The van der Waals surface area contributed by atoms with E-state index in [2.05, 4.69) is 15.0 Å². The first kappa shape index (κ1) is 28.0. The van der Waals surface area contributed by atoms with Crippen LogP contribution in [0, 0.1) is 11.6 Å². The van der Waals surface area contributed by atoms with Crippen molar-refractivity contribution in [1.29, 1.82) is 0 Å². The molecule has 1 heterocycles. The number of hydrogen-bond donors (Lipinski definition) is 1. The molecule has 1 N–H and O–H groups in total. The fourth-order valence-corrected chi connectivity index (χ4v) is 2.71. The number of nitrogens with one attached hydrogen (secondary N) is 1. The lowest BCUT2D eigenvalue weighted by Crippen LogP contribution is -2.50. The molecule has 0 spiro atoms. The Bertz CT molecular complexity index is 935. The largest absolute Gasteiger partial charge is 0.444 e. The van der Waals surface area contributed by atoms with E-state index in [4.69, 9.17) is 4.74 Å². The van der Waals surface area contributed by atoms with Crippen LogP contribution in [0.3, 0.4) is 0 Å². The molecular weight excluding hydrogens is 466 g/mol. The van der Waals surface area contributed by atoms with Crippen LogP contribution in [-0.4, -0.2) is 42.3 Å². The van der Waals surface area contributed by atoms with Gasteiger partial charge in [0.2, 0.25) is 11.8 Å². The third kappa shape index (κ3) is 9.16. The molecule has 2 aromatic rings. The third-order valence-corrected chi connectivity index (χ3v) is 4.00. The lowest BCUT2D eigenvalue weighted by molar-refractivity contribution is -0.120. The third-order valence-electron chi connectivity index (χ3n) is 4.00. The lowest BCUT2D eigenvalue weighted by atomic mass is 10.0. The maximum absolute atomic E-state index is 13.6. The molecule has 0 aliphatic carbocycles. The van der Waals surface area contributed by atoms with Crippen LogP contribution in [0.25, 0.3) is 0 Å². The fraction of sp³-hybridized carbons (Fsp3) is 0.381. The molecule has 1 aromatic carbocycles. The second-order valence-corrected chi connectivity index (χ2v) is 7.81. The summed E-state index contributed by atoms with van der Waals surface area (Å²) in [7, 11) is 1.36. The number of carbonyl (C=O) groups is 2. The van der Waals surface area contributed by atoms with Gasteiger partial charge in [0.25, 0.3) is 0 Å². The number of rotatable bonds is 7. The van der Waals surface area contributed by atoms with Gasteiger partial charge in [-0.25, -0.2) is 18.6 Å². The van der Waals surface area contributed by atoms with Crippen molar-refractivity contribution in [3.05, 3.63) is 53.7 Å². The summed E-state index contributed by atoms with van der Waals surface area (Å²) in [5.41, 5.74) is -0.513. The number of pyridine rings is 1. The van der Waals surface area contributed by atoms with Crippen LogP contribution in [0.4, 0.5) is 28.0 Å². The smallest absolute Gasteiger partial charge is 0.408 e. The molecule has 0 fully saturated rings. The number of ether oxygens (including phenoxy) is 2. The van der Waals surface area contributed by atoms with Gasteiger partial charge in [-0.15, -0.1) is 0 Å². The Labute approximate surface area is 195 Å². The summed E-state index contributed by atoms with van der Waals surface area (Å²) in [5, 5.41) is 2.41. The standard InChI is InChI=1S/C21H23F4N3O4.H2S/c1-21(2,3)32-20(30)27-16(9-12-7-13(22)10-14(23)8-12)18(29)28(4)15-5-6-17(26-11-15)31-19(24)25;/h5-8,10-11,16,19H,9H2,1-4H3,(H,27,30);1H2/t16-;/m0./s1. The van der Waals surface area contributed by atoms with E-state index in [1.807, 2.05) is 0 Å². The first-order valence-corrected chi connectivity index (χ1v) is 9.47. The minimum Gasteiger partial charge on any atom is -0.444 e. The highest BCUT2D eigenvalue weighted by molar-refractivity contribution is 7.59. The zero-order valence-corrected chi connectivity index (χ0v) is 19.4. The van der Waals surface area contributed by atoms with E-state index in [0.717, 1.165) is 29.3 Å². The SMILES string of the molecule is CN(C(=O)[C@H](Cc1cc(F)cc(F)c1)NC(=O)OC(C)(C)C)c1ccc(OC(F)F)nc1.S. The Balaban J connectivity index is 0.00000544. The van der Waals surface area contributed by atoms with E-state index in [0.29, 0.717) is 6.07 Å². The van der Waals surface area contributed by atoms with Gasteiger partial charge in [-0.1, -0.05) is 0 Å². The molecule has 12 heteroatoms. The fourth-order valence-electron chi connectivity index (χ4n) is 2.71. The molecule has 1 aromatic heterocycles. The second kappa shape index (κ2) is 11.7. The van der Waals surface area contributed by atoms with Crippen molar-refractivity contribution >= 4 is 31.2 Å². The number of alkyl carbamates (subject to hydrolysis) is 1. The molecule has 0 saturated carbocycles. The van der Waals surface area contributed by atoms with E-state index >= 15 is 0 Å². The highest BCUT2D eigenvalue weighted by atomic mass is 32.1. The number of benzene rings is 1. The second-order valence-electron chi connectivity index (χ2n) is 7.81. The minimum absolute atomic E-state index is 0. The number of likely N-dealkylation sites (N-methyl/N-ethyl adjacent to an activating group) is 1. The number of hydrogen-bond acceptors (Lipinski definition) is 5.